The third-order valence-electron chi connectivity index (χ3n) is 5.01. The molecule has 0 bridgehead atoms. The Labute approximate surface area is 194 Å². The Kier molecular flexibility index (Phi) is 5.78. The summed E-state index contributed by atoms with van der Waals surface area (Å²) in [5.74, 6) is 0.272. The van der Waals surface area contributed by atoms with Crippen molar-refractivity contribution < 1.29 is 17.2 Å². The predicted molar refractivity (Wildman–Crippen MR) is 124 cm³/mol. The normalized spacial score (nSPS) is 11.7. The summed E-state index contributed by atoms with van der Waals surface area (Å²) in [5, 5.41) is 3.02. The lowest BCUT2D eigenvalue weighted by atomic mass is 10.1. The molecule has 0 amide bonds. The number of oxazole rings is 1. The van der Waals surface area contributed by atoms with Crippen LogP contribution >= 0.6 is 0 Å². The van der Waals surface area contributed by atoms with Crippen LogP contribution in [0.15, 0.2) is 88.6 Å². The summed E-state index contributed by atoms with van der Waals surface area (Å²) in [7, 11) is -3.60. The van der Waals surface area contributed by atoms with E-state index in [0.717, 1.165) is 0 Å². The number of hydrogen-bond acceptors (Lipinski definition) is 7. The molecule has 0 atom stereocenters. The molecule has 0 radical (unpaired) electrons. The van der Waals surface area contributed by atoms with Crippen LogP contribution < -0.4 is 10.0 Å². The van der Waals surface area contributed by atoms with Crippen LogP contribution in [0.2, 0.25) is 0 Å². The number of hydrogen-bond donors (Lipinski definition) is 2. The van der Waals surface area contributed by atoms with E-state index < -0.39 is 10.0 Å². The van der Waals surface area contributed by atoms with Crippen molar-refractivity contribution in [2.45, 2.75) is 4.90 Å². The maximum absolute atomic E-state index is 13.9. The monoisotopic (exact) mass is 478 g/mol. The fourth-order valence-electron chi connectivity index (χ4n) is 3.49. The number of nitrogens with one attached hydrogen (secondary N) is 2. The average Bonchev–Trinajstić information content (AvgIpc) is 3.44. The van der Waals surface area contributed by atoms with Gasteiger partial charge in [0.1, 0.15) is 23.5 Å². The van der Waals surface area contributed by atoms with Crippen molar-refractivity contribution in [3.8, 4) is 22.6 Å². The fourth-order valence-corrected chi connectivity index (χ4v) is 4.54. The number of imidazole rings is 1. The number of aromatic nitrogens is 4. The molecule has 0 aliphatic heterocycles. The Balaban J connectivity index is 1.36. The van der Waals surface area contributed by atoms with Gasteiger partial charge in [0.15, 0.2) is 0 Å². The lowest BCUT2D eigenvalue weighted by Gasteiger charge is -2.09. The van der Waals surface area contributed by atoms with Gasteiger partial charge in [-0.25, -0.2) is 27.5 Å². The molecule has 0 spiro atoms. The van der Waals surface area contributed by atoms with Gasteiger partial charge >= 0.3 is 5.84 Å². The lowest BCUT2D eigenvalue weighted by Crippen LogP contribution is -2.29. The van der Waals surface area contributed by atoms with Crippen molar-refractivity contribution in [1.82, 2.24) is 24.1 Å². The molecule has 0 saturated carbocycles. The molecule has 2 N–H and O–H groups in total. The molecule has 34 heavy (non-hydrogen) atoms. The molecule has 3 heterocycles. The second kappa shape index (κ2) is 9.04. The SMILES string of the molecule is O=S(=O)(NCCNc1nccc(-c2c(-c3cccc(F)c3)nc3occn23)n1)c1ccccc1. The van der Waals surface area contributed by atoms with Crippen LogP contribution in [-0.4, -0.2) is 40.9 Å². The van der Waals surface area contributed by atoms with Gasteiger partial charge in [0.05, 0.1) is 10.6 Å². The van der Waals surface area contributed by atoms with E-state index in [1.54, 1.807) is 53.2 Å². The van der Waals surface area contributed by atoms with Crippen molar-refractivity contribution in [1.29, 1.82) is 0 Å². The van der Waals surface area contributed by atoms with Gasteiger partial charge in [0, 0.05) is 31.0 Å². The van der Waals surface area contributed by atoms with E-state index >= 15 is 0 Å². The molecule has 5 aromatic rings. The lowest BCUT2D eigenvalue weighted by molar-refractivity contribution is 0.583. The van der Waals surface area contributed by atoms with Crippen molar-refractivity contribution in [2.24, 2.45) is 0 Å². The van der Waals surface area contributed by atoms with Crippen molar-refractivity contribution in [3.63, 3.8) is 0 Å². The molecule has 11 heteroatoms. The van der Waals surface area contributed by atoms with E-state index in [-0.39, 0.29) is 23.8 Å². The van der Waals surface area contributed by atoms with E-state index in [0.29, 0.717) is 34.4 Å². The molecule has 2 aromatic carbocycles. The predicted octanol–water partition coefficient (Wildman–Crippen LogP) is 3.58. The molecule has 5 rings (SSSR count). The fraction of sp³-hybridized carbons (Fsp3) is 0.0870. The van der Waals surface area contributed by atoms with Crippen LogP contribution in [0.25, 0.3) is 28.5 Å². The van der Waals surface area contributed by atoms with Gasteiger partial charge in [-0.3, -0.25) is 4.40 Å². The highest BCUT2D eigenvalue weighted by molar-refractivity contribution is 7.89. The number of halogens is 1. The van der Waals surface area contributed by atoms with Gasteiger partial charge in [-0.2, -0.15) is 4.98 Å². The zero-order valence-corrected chi connectivity index (χ0v) is 18.5. The molecule has 0 aliphatic rings. The number of fused-ring (bicyclic) bond motifs is 1. The average molecular weight is 479 g/mol. The number of anilines is 1. The molecule has 0 aliphatic carbocycles. The van der Waals surface area contributed by atoms with Crippen LogP contribution in [0.4, 0.5) is 10.3 Å². The van der Waals surface area contributed by atoms with Gasteiger partial charge in [-0.05, 0) is 30.3 Å². The Morgan fingerprint density at radius 1 is 1.00 bits per heavy atom. The second-order valence-electron chi connectivity index (χ2n) is 7.28. The van der Waals surface area contributed by atoms with Gasteiger partial charge in [-0.1, -0.05) is 30.3 Å². The number of benzene rings is 2. The summed E-state index contributed by atoms with van der Waals surface area (Å²) in [6.45, 7) is 0.401. The van der Waals surface area contributed by atoms with Crippen LogP contribution in [0, 0.1) is 5.82 Å². The van der Waals surface area contributed by atoms with E-state index in [9.17, 15) is 12.8 Å². The molecule has 9 nitrogen and oxygen atoms in total. The van der Waals surface area contributed by atoms with Crippen LogP contribution in [-0.2, 0) is 10.0 Å². The van der Waals surface area contributed by atoms with Gasteiger partial charge < -0.3 is 9.73 Å². The minimum Gasteiger partial charge on any atom is -0.432 e. The largest absolute Gasteiger partial charge is 0.432 e. The van der Waals surface area contributed by atoms with Crippen LogP contribution in [0.1, 0.15) is 0 Å². The Morgan fingerprint density at radius 2 is 1.85 bits per heavy atom. The summed E-state index contributed by atoms with van der Waals surface area (Å²) in [6.07, 6.45) is 4.78. The van der Waals surface area contributed by atoms with E-state index in [1.165, 1.54) is 30.5 Å². The molecular weight excluding hydrogens is 459 g/mol. The molecule has 0 saturated heterocycles. The first-order valence-electron chi connectivity index (χ1n) is 10.3. The highest BCUT2D eigenvalue weighted by atomic mass is 32.2. The minimum absolute atomic E-state index is 0.137. The number of rotatable bonds is 8. The third kappa shape index (κ3) is 4.38. The first-order valence-corrected chi connectivity index (χ1v) is 11.8. The van der Waals surface area contributed by atoms with Gasteiger partial charge in [0.2, 0.25) is 16.0 Å². The minimum atomic E-state index is -3.60. The summed E-state index contributed by atoms with van der Waals surface area (Å²) in [5.41, 5.74) is 2.25. The highest BCUT2D eigenvalue weighted by Crippen LogP contribution is 2.32. The van der Waals surface area contributed by atoms with Gasteiger partial charge in [-0.15, -0.1) is 0 Å². The number of sulfonamides is 1. The molecule has 0 unspecified atom stereocenters. The highest BCUT2D eigenvalue weighted by Gasteiger charge is 2.20. The van der Waals surface area contributed by atoms with Crippen molar-refractivity contribution in [2.75, 3.05) is 18.4 Å². The summed E-state index contributed by atoms with van der Waals surface area (Å²) < 4.78 is 48.2. The third-order valence-corrected chi connectivity index (χ3v) is 6.49. The molecule has 172 valence electrons. The summed E-state index contributed by atoms with van der Waals surface area (Å²) in [6, 6.07) is 16.0. The zero-order chi connectivity index (χ0) is 23.5. The van der Waals surface area contributed by atoms with E-state index in [2.05, 4.69) is 25.0 Å². The summed E-state index contributed by atoms with van der Waals surface area (Å²) in [4.78, 5) is 13.5. The second-order valence-corrected chi connectivity index (χ2v) is 9.04. The first kappa shape index (κ1) is 21.7. The van der Waals surface area contributed by atoms with E-state index in [4.69, 9.17) is 4.42 Å². The Hall–Kier alpha value is -4.09. The molecular formula is C23H19FN6O3S. The van der Waals surface area contributed by atoms with Gasteiger partial charge in [0.25, 0.3) is 0 Å². The van der Waals surface area contributed by atoms with Crippen LogP contribution in [0.5, 0.6) is 0 Å². The Morgan fingerprint density at radius 3 is 2.68 bits per heavy atom. The molecule has 0 fully saturated rings. The smallest absolute Gasteiger partial charge is 0.306 e. The maximum atomic E-state index is 13.9. The molecule has 3 aromatic heterocycles. The van der Waals surface area contributed by atoms with Crippen LogP contribution in [0.3, 0.4) is 0 Å². The topological polar surface area (TPSA) is 114 Å². The standard InChI is InChI=1S/C23H19FN6O3S/c24-17-6-4-5-16(15-17)20-21(30-13-14-33-23(30)29-20)19-9-10-25-22(28-19)26-11-12-27-34(31,32)18-7-2-1-3-8-18/h1-10,13-15,27H,11-12H2,(H,25,26,28). The number of nitrogens with zero attached hydrogens (tertiary/aromatic N) is 4. The van der Waals surface area contributed by atoms with E-state index in [1.807, 2.05) is 0 Å². The zero-order valence-electron chi connectivity index (χ0n) is 17.7. The maximum Gasteiger partial charge on any atom is 0.306 e. The summed E-state index contributed by atoms with van der Waals surface area (Å²) >= 11 is 0. The Bertz CT molecular complexity index is 1550. The quantitative estimate of drug-likeness (QED) is 0.328. The first-order chi connectivity index (χ1) is 16.5. The van der Waals surface area contributed by atoms with Crippen molar-refractivity contribution >= 4 is 21.8 Å². The van der Waals surface area contributed by atoms with Crippen molar-refractivity contribution in [3.05, 3.63) is 85.1 Å².